The summed E-state index contributed by atoms with van der Waals surface area (Å²) < 4.78 is 1.20. The molecule has 1 aliphatic heterocycles. The lowest BCUT2D eigenvalue weighted by Gasteiger charge is -2.23. The van der Waals surface area contributed by atoms with Crippen molar-refractivity contribution in [2.24, 2.45) is 0 Å². The minimum atomic E-state index is -0.770. The van der Waals surface area contributed by atoms with Crippen molar-refractivity contribution in [2.45, 2.75) is 25.8 Å². The van der Waals surface area contributed by atoms with Crippen molar-refractivity contribution in [2.75, 3.05) is 11.9 Å². The predicted octanol–water partition coefficient (Wildman–Crippen LogP) is 2.15. The summed E-state index contributed by atoms with van der Waals surface area (Å²) in [7, 11) is 0. The highest BCUT2D eigenvalue weighted by atomic mass is 32.1. The fraction of sp³-hybridized carbons (Fsp3) is 0.250. The van der Waals surface area contributed by atoms with Crippen LogP contribution in [0.1, 0.15) is 29.0 Å². The molecule has 1 unspecified atom stereocenters. The number of carbonyl (C=O) groups is 2. The topological polar surface area (TPSA) is 140 Å². The number of para-hydroxylation sites is 2. The van der Waals surface area contributed by atoms with E-state index in [9.17, 15) is 24.5 Å². The zero-order chi connectivity index (χ0) is 22.8. The Balaban J connectivity index is 1.68. The van der Waals surface area contributed by atoms with Crippen molar-refractivity contribution in [3.8, 4) is 5.69 Å². The Labute approximate surface area is 185 Å². The molecular formula is C20H18N6O5S. The second kappa shape index (κ2) is 8.67. The Bertz CT molecular complexity index is 1260. The molecule has 0 bridgehead atoms. The number of likely N-dealkylation sites (tertiary alicyclic amines) is 1. The van der Waals surface area contributed by atoms with E-state index in [0.29, 0.717) is 23.7 Å². The summed E-state index contributed by atoms with van der Waals surface area (Å²) in [6.45, 7) is 1.86. The molecule has 0 saturated carbocycles. The fourth-order valence-electron chi connectivity index (χ4n) is 3.63. The summed E-state index contributed by atoms with van der Waals surface area (Å²) in [5, 5.41) is 20.4. The summed E-state index contributed by atoms with van der Waals surface area (Å²) in [6, 6.07) is 6.35. The molecule has 0 aliphatic carbocycles. The molecule has 1 N–H and O–H groups in total. The molecule has 1 atom stereocenters. The number of nitrogens with one attached hydrogen (secondary N) is 1. The zero-order valence-electron chi connectivity index (χ0n) is 16.9. The van der Waals surface area contributed by atoms with Gasteiger partial charge in [-0.05, 0) is 25.8 Å². The van der Waals surface area contributed by atoms with Gasteiger partial charge in [0.25, 0.3) is 11.6 Å². The van der Waals surface area contributed by atoms with Gasteiger partial charge in [0.05, 0.1) is 4.92 Å². The molecule has 4 rings (SSSR count). The van der Waals surface area contributed by atoms with Gasteiger partial charge in [-0.15, -0.1) is 11.3 Å². The van der Waals surface area contributed by atoms with Gasteiger partial charge < -0.3 is 10.2 Å². The molecule has 0 spiro atoms. The van der Waals surface area contributed by atoms with E-state index in [1.54, 1.807) is 24.6 Å². The van der Waals surface area contributed by atoms with E-state index in [4.69, 9.17) is 0 Å². The molecule has 2 aromatic heterocycles. The summed E-state index contributed by atoms with van der Waals surface area (Å²) in [5.74, 6) is -1.09. The molecule has 3 heterocycles. The molecule has 1 fully saturated rings. The number of aryl methyl sites for hydroxylation is 1. The first-order valence-electron chi connectivity index (χ1n) is 9.73. The first-order chi connectivity index (χ1) is 15.4. The van der Waals surface area contributed by atoms with Gasteiger partial charge in [0.15, 0.2) is 10.8 Å². The second-order valence-corrected chi connectivity index (χ2v) is 8.03. The summed E-state index contributed by atoms with van der Waals surface area (Å²) in [5.41, 5.74) is -0.771. The molecule has 164 valence electrons. The summed E-state index contributed by atoms with van der Waals surface area (Å²) in [4.78, 5) is 54.7. The number of aromatic nitrogens is 3. The molecule has 11 nitrogen and oxygen atoms in total. The van der Waals surface area contributed by atoms with Crippen LogP contribution in [0.4, 0.5) is 10.8 Å². The smallest absolute Gasteiger partial charge is 0.294 e. The highest BCUT2D eigenvalue weighted by Crippen LogP contribution is 2.24. The van der Waals surface area contributed by atoms with Gasteiger partial charge in [-0.3, -0.25) is 24.5 Å². The van der Waals surface area contributed by atoms with Crippen molar-refractivity contribution in [1.29, 1.82) is 0 Å². The number of hydrogen-bond acceptors (Lipinski definition) is 8. The first-order valence-corrected chi connectivity index (χ1v) is 10.6. The molecular weight excluding hydrogens is 436 g/mol. The first kappa shape index (κ1) is 21.3. The van der Waals surface area contributed by atoms with Crippen LogP contribution < -0.4 is 10.7 Å². The molecule has 1 aliphatic rings. The molecule has 0 radical (unpaired) electrons. The van der Waals surface area contributed by atoms with E-state index >= 15 is 0 Å². The average Bonchev–Trinajstić information content (AvgIpc) is 3.45. The molecule has 32 heavy (non-hydrogen) atoms. The number of anilines is 1. The third-order valence-corrected chi connectivity index (χ3v) is 5.78. The van der Waals surface area contributed by atoms with E-state index in [1.165, 1.54) is 45.2 Å². The van der Waals surface area contributed by atoms with Gasteiger partial charge in [0.1, 0.15) is 11.7 Å². The number of nitrogens with zero attached hydrogens (tertiary/aromatic N) is 5. The van der Waals surface area contributed by atoms with E-state index in [-0.39, 0.29) is 17.9 Å². The Hall–Kier alpha value is -3.93. The van der Waals surface area contributed by atoms with Crippen LogP contribution in [0.5, 0.6) is 0 Å². The zero-order valence-corrected chi connectivity index (χ0v) is 17.7. The Morgan fingerprint density at radius 3 is 2.81 bits per heavy atom. The standard InChI is InChI=1S/C20H18N6O5S/c1-12-11-16(27)17(23-25(12)13-5-2-3-6-14(13)26(30)31)19(29)24-9-4-7-15(24)18(28)22-20-21-8-10-32-20/h2-3,5-6,8,10-11,15H,4,7,9H2,1H3,(H,21,22,28). The minimum Gasteiger partial charge on any atom is -0.325 e. The number of carbonyl (C=O) groups excluding carboxylic acids is 2. The minimum absolute atomic E-state index is 0.128. The van der Waals surface area contributed by atoms with E-state index < -0.39 is 33.9 Å². The third-order valence-electron chi connectivity index (χ3n) is 5.10. The average molecular weight is 454 g/mol. The predicted molar refractivity (Wildman–Crippen MR) is 116 cm³/mol. The third kappa shape index (κ3) is 3.99. The number of nitro benzene ring substituents is 1. The van der Waals surface area contributed by atoms with Gasteiger partial charge >= 0.3 is 0 Å². The number of rotatable bonds is 5. The lowest BCUT2D eigenvalue weighted by Crippen LogP contribution is -2.45. The number of benzene rings is 1. The monoisotopic (exact) mass is 454 g/mol. The maximum absolute atomic E-state index is 13.2. The largest absolute Gasteiger partial charge is 0.325 e. The van der Waals surface area contributed by atoms with Crippen LogP contribution in [0, 0.1) is 17.0 Å². The number of nitro groups is 1. The van der Waals surface area contributed by atoms with Crippen molar-refractivity contribution in [3.05, 3.63) is 73.6 Å². The molecule has 2 amide bonds. The Kier molecular flexibility index (Phi) is 5.77. The van der Waals surface area contributed by atoms with Crippen LogP contribution in [0.25, 0.3) is 5.69 Å². The molecule has 12 heteroatoms. The Morgan fingerprint density at radius 1 is 1.31 bits per heavy atom. The summed E-state index contributed by atoms with van der Waals surface area (Å²) in [6.07, 6.45) is 2.58. The maximum atomic E-state index is 13.2. The van der Waals surface area contributed by atoms with Crippen LogP contribution in [0.2, 0.25) is 0 Å². The van der Waals surface area contributed by atoms with Crippen molar-refractivity contribution >= 4 is 34.0 Å². The van der Waals surface area contributed by atoms with Gasteiger partial charge in [0.2, 0.25) is 11.3 Å². The lowest BCUT2D eigenvalue weighted by molar-refractivity contribution is -0.384. The van der Waals surface area contributed by atoms with Crippen LogP contribution in [-0.4, -0.2) is 49.0 Å². The van der Waals surface area contributed by atoms with Gasteiger partial charge in [-0.25, -0.2) is 9.67 Å². The summed E-state index contributed by atoms with van der Waals surface area (Å²) >= 11 is 1.26. The number of hydrogen-bond donors (Lipinski definition) is 1. The number of amides is 2. The van der Waals surface area contributed by atoms with Crippen LogP contribution in [0.15, 0.2) is 46.7 Å². The van der Waals surface area contributed by atoms with Crippen LogP contribution in [0.3, 0.4) is 0 Å². The second-order valence-electron chi connectivity index (χ2n) is 7.14. The normalized spacial score (nSPS) is 15.5. The Morgan fingerprint density at radius 2 is 2.09 bits per heavy atom. The quantitative estimate of drug-likeness (QED) is 0.460. The SMILES string of the molecule is Cc1cc(=O)c(C(=O)N2CCCC2C(=O)Nc2nccs2)nn1-c1ccccc1[N+](=O)[O-]. The highest BCUT2D eigenvalue weighted by molar-refractivity contribution is 7.13. The molecule has 3 aromatic rings. The van der Waals surface area contributed by atoms with E-state index in [2.05, 4.69) is 15.4 Å². The fourth-order valence-corrected chi connectivity index (χ4v) is 4.16. The lowest BCUT2D eigenvalue weighted by atomic mass is 10.2. The van der Waals surface area contributed by atoms with Crippen molar-refractivity contribution in [1.82, 2.24) is 19.7 Å². The van der Waals surface area contributed by atoms with Crippen LogP contribution in [-0.2, 0) is 4.79 Å². The van der Waals surface area contributed by atoms with E-state index in [1.807, 2.05) is 0 Å². The van der Waals surface area contributed by atoms with Gasteiger partial charge in [-0.2, -0.15) is 5.10 Å². The van der Waals surface area contributed by atoms with Gasteiger partial charge in [0, 0.05) is 35.9 Å². The molecule has 1 aromatic carbocycles. The highest BCUT2D eigenvalue weighted by Gasteiger charge is 2.36. The number of thiazole rings is 1. The van der Waals surface area contributed by atoms with Gasteiger partial charge in [-0.1, -0.05) is 12.1 Å². The van der Waals surface area contributed by atoms with Crippen molar-refractivity contribution < 1.29 is 14.5 Å². The molecule has 1 saturated heterocycles. The van der Waals surface area contributed by atoms with Crippen LogP contribution >= 0.6 is 11.3 Å². The van der Waals surface area contributed by atoms with Crippen molar-refractivity contribution in [3.63, 3.8) is 0 Å². The maximum Gasteiger partial charge on any atom is 0.294 e. The van der Waals surface area contributed by atoms with E-state index in [0.717, 1.165) is 0 Å².